The number of rotatable bonds is 6. The molecule has 0 amide bonds. The van der Waals surface area contributed by atoms with E-state index in [0.29, 0.717) is 24.1 Å². The molecule has 0 radical (unpaired) electrons. The molecule has 2 aromatic carbocycles. The predicted molar refractivity (Wildman–Crippen MR) is 132 cm³/mol. The van der Waals surface area contributed by atoms with Crippen molar-refractivity contribution in [2.75, 3.05) is 0 Å². The standard InChI is InChI=1S/C27H27N7O/c1-2-3-7-19-8-6-9-22(16-19)25(35)27-28-18-34(31-27)17-20-12-14-21(15-13-20)23-10-4-5-11-24(23)26-29-32-33-30-26/h4-5,10-15,18-19,22H,2,6,8-9,16-17H2,1H3,(H,29,30,32,33). The van der Waals surface area contributed by atoms with E-state index in [9.17, 15) is 4.79 Å². The highest BCUT2D eigenvalue weighted by Gasteiger charge is 2.29. The average Bonchev–Trinajstić information content (AvgIpc) is 3.61. The molecule has 0 aliphatic heterocycles. The smallest absolute Gasteiger partial charge is 0.217 e. The molecule has 2 unspecified atom stereocenters. The van der Waals surface area contributed by atoms with Gasteiger partial charge < -0.3 is 0 Å². The summed E-state index contributed by atoms with van der Waals surface area (Å²) in [6, 6.07) is 16.2. The SMILES string of the molecule is CCC#CC1CCCC(C(=O)c2ncn(Cc3ccc(-c4ccccc4-c4nn[nH]n4)cc3)n2)C1. The van der Waals surface area contributed by atoms with Gasteiger partial charge in [0.15, 0.2) is 0 Å². The van der Waals surface area contributed by atoms with Crippen LogP contribution in [0.4, 0.5) is 0 Å². The van der Waals surface area contributed by atoms with E-state index in [1.807, 2.05) is 24.3 Å². The first-order chi connectivity index (χ1) is 17.2. The zero-order chi connectivity index (χ0) is 24.0. The van der Waals surface area contributed by atoms with Gasteiger partial charge in [-0.1, -0.05) is 67.8 Å². The van der Waals surface area contributed by atoms with E-state index in [0.717, 1.165) is 54.4 Å². The Hall–Kier alpha value is -4.12. The Kier molecular flexibility index (Phi) is 6.75. The van der Waals surface area contributed by atoms with Gasteiger partial charge in [0.25, 0.3) is 0 Å². The molecule has 1 saturated carbocycles. The van der Waals surface area contributed by atoms with Crippen LogP contribution in [0.25, 0.3) is 22.5 Å². The number of H-pyrrole nitrogens is 1. The second-order valence-electron chi connectivity index (χ2n) is 8.84. The summed E-state index contributed by atoms with van der Waals surface area (Å²) in [6.45, 7) is 2.60. The number of nitrogens with one attached hydrogen (secondary N) is 1. The number of carbonyl (C=O) groups excluding carboxylic acids is 1. The van der Waals surface area contributed by atoms with Crippen LogP contribution >= 0.6 is 0 Å². The Bertz CT molecular complexity index is 1350. The van der Waals surface area contributed by atoms with Crippen LogP contribution in [0.15, 0.2) is 54.9 Å². The minimum absolute atomic E-state index is 0.0330. The molecule has 8 heteroatoms. The number of Topliss-reactive ketones (excluding diaryl/α,β-unsaturated/α-hetero) is 1. The molecule has 0 spiro atoms. The third kappa shape index (κ3) is 5.19. The van der Waals surface area contributed by atoms with Gasteiger partial charge in [0.1, 0.15) is 6.33 Å². The molecule has 0 bridgehead atoms. The van der Waals surface area contributed by atoms with Gasteiger partial charge in [-0.2, -0.15) is 5.21 Å². The van der Waals surface area contributed by atoms with E-state index in [-0.39, 0.29) is 11.7 Å². The Labute approximate surface area is 204 Å². The molecule has 5 rings (SSSR count). The number of ketones is 1. The molecule has 2 aromatic heterocycles. The lowest BCUT2D eigenvalue weighted by Gasteiger charge is -2.24. The van der Waals surface area contributed by atoms with Crippen LogP contribution in [0.2, 0.25) is 0 Å². The van der Waals surface area contributed by atoms with E-state index in [1.165, 1.54) is 0 Å². The van der Waals surface area contributed by atoms with E-state index >= 15 is 0 Å². The fourth-order valence-corrected chi connectivity index (χ4v) is 4.65. The summed E-state index contributed by atoms with van der Waals surface area (Å²) in [5.41, 5.74) is 4.08. The molecule has 1 fully saturated rings. The van der Waals surface area contributed by atoms with Crippen molar-refractivity contribution in [2.45, 2.75) is 45.6 Å². The first-order valence-electron chi connectivity index (χ1n) is 12.1. The molecule has 2 atom stereocenters. The largest absolute Gasteiger partial charge is 0.290 e. The fourth-order valence-electron chi connectivity index (χ4n) is 4.65. The summed E-state index contributed by atoms with van der Waals surface area (Å²) in [4.78, 5) is 17.3. The molecular formula is C27H27N7O. The van der Waals surface area contributed by atoms with Crippen molar-refractivity contribution in [1.82, 2.24) is 35.4 Å². The molecule has 4 aromatic rings. The van der Waals surface area contributed by atoms with Crippen LogP contribution in [0.5, 0.6) is 0 Å². The Balaban J connectivity index is 1.26. The van der Waals surface area contributed by atoms with Gasteiger partial charge in [0, 0.05) is 23.8 Å². The first-order valence-corrected chi connectivity index (χ1v) is 12.1. The van der Waals surface area contributed by atoms with Crippen LogP contribution < -0.4 is 0 Å². The van der Waals surface area contributed by atoms with Crippen molar-refractivity contribution in [3.63, 3.8) is 0 Å². The summed E-state index contributed by atoms with van der Waals surface area (Å²) >= 11 is 0. The zero-order valence-electron chi connectivity index (χ0n) is 19.7. The lowest BCUT2D eigenvalue weighted by Crippen LogP contribution is -2.23. The van der Waals surface area contributed by atoms with Crippen LogP contribution in [0, 0.1) is 23.7 Å². The number of benzene rings is 2. The molecule has 1 N–H and O–H groups in total. The van der Waals surface area contributed by atoms with Crippen molar-refractivity contribution >= 4 is 5.78 Å². The number of tetrazole rings is 1. The predicted octanol–water partition coefficient (Wildman–Crippen LogP) is 4.58. The fraction of sp³-hybridized carbons (Fsp3) is 0.333. The van der Waals surface area contributed by atoms with E-state index in [4.69, 9.17) is 0 Å². The minimum Gasteiger partial charge on any atom is -0.290 e. The Morgan fingerprint density at radius 2 is 1.94 bits per heavy atom. The Morgan fingerprint density at radius 1 is 1.11 bits per heavy atom. The molecule has 35 heavy (non-hydrogen) atoms. The van der Waals surface area contributed by atoms with Crippen molar-refractivity contribution < 1.29 is 4.79 Å². The molecule has 176 valence electrons. The lowest BCUT2D eigenvalue weighted by atomic mass is 9.79. The van der Waals surface area contributed by atoms with E-state index in [2.05, 4.69) is 73.7 Å². The molecule has 8 nitrogen and oxygen atoms in total. The zero-order valence-corrected chi connectivity index (χ0v) is 19.7. The number of hydrogen-bond donors (Lipinski definition) is 1. The second kappa shape index (κ2) is 10.4. The topological polar surface area (TPSA) is 102 Å². The van der Waals surface area contributed by atoms with Crippen molar-refractivity contribution in [1.29, 1.82) is 0 Å². The van der Waals surface area contributed by atoms with Crippen molar-refractivity contribution in [2.24, 2.45) is 11.8 Å². The molecule has 1 aliphatic rings. The van der Waals surface area contributed by atoms with Crippen LogP contribution in [-0.4, -0.2) is 41.2 Å². The second-order valence-corrected chi connectivity index (χ2v) is 8.84. The summed E-state index contributed by atoms with van der Waals surface area (Å²) in [7, 11) is 0. The number of carbonyl (C=O) groups is 1. The van der Waals surface area contributed by atoms with Crippen molar-refractivity contribution in [3.8, 4) is 34.4 Å². The monoisotopic (exact) mass is 465 g/mol. The summed E-state index contributed by atoms with van der Waals surface area (Å²) < 4.78 is 1.73. The molecule has 2 heterocycles. The van der Waals surface area contributed by atoms with Gasteiger partial charge >= 0.3 is 0 Å². The summed E-state index contributed by atoms with van der Waals surface area (Å²) in [5, 5.41) is 18.9. The summed E-state index contributed by atoms with van der Waals surface area (Å²) in [5.74, 6) is 7.67. The van der Waals surface area contributed by atoms with Gasteiger partial charge in [-0.3, -0.25) is 4.79 Å². The third-order valence-corrected chi connectivity index (χ3v) is 6.41. The summed E-state index contributed by atoms with van der Waals surface area (Å²) in [6.07, 6.45) is 6.31. The van der Waals surface area contributed by atoms with E-state index in [1.54, 1.807) is 11.0 Å². The Morgan fingerprint density at radius 3 is 2.71 bits per heavy atom. The molecule has 0 saturated heterocycles. The minimum atomic E-state index is -0.0330. The number of aromatic amines is 1. The third-order valence-electron chi connectivity index (χ3n) is 6.41. The maximum Gasteiger partial charge on any atom is 0.217 e. The van der Waals surface area contributed by atoms with Gasteiger partial charge in [-0.05, 0) is 41.2 Å². The number of hydrogen-bond acceptors (Lipinski definition) is 6. The van der Waals surface area contributed by atoms with Gasteiger partial charge in [0.05, 0.1) is 6.54 Å². The van der Waals surface area contributed by atoms with Crippen molar-refractivity contribution in [3.05, 3.63) is 66.2 Å². The normalized spacial score (nSPS) is 17.5. The maximum atomic E-state index is 13.0. The van der Waals surface area contributed by atoms with Crippen LogP contribution in [-0.2, 0) is 6.54 Å². The van der Waals surface area contributed by atoms with Gasteiger partial charge in [-0.15, -0.1) is 21.2 Å². The highest BCUT2D eigenvalue weighted by Crippen LogP contribution is 2.31. The number of nitrogens with zero attached hydrogens (tertiary/aromatic N) is 6. The first kappa shape index (κ1) is 22.7. The van der Waals surface area contributed by atoms with Gasteiger partial charge in [-0.25, -0.2) is 9.67 Å². The quantitative estimate of drug-likeness (QED) is 0.330. The van der Waals surface area contributed by atoms with E-state index < -0.39 is 0 Å². The maximum absolute atomic E-state index is 13.0. The van der Waals surface area contributed by atoms with Gasteiger partial charge in [0.2, 0.25) is 17.4 Å². The molecular weight excluding hydrogens is 438 g/mol. The average molecular weight is 466 g/mol. The van der Waals surface area contributed by atoms with Crippen LogP contribution in [0.3, 0.4) is 0 Å². The van der Waals surface area contributed by atoms with Crippen LogP contribution in [0.1, 0.15) is 55.2 Å². The highest BCUT2D eigenvalue weighted by molar-refractivity contribution is 5.94. The highest BCUT2D eigenvalue weighted by atomic mass is 16.1. The number of aromatic nitrogens is 7. The molecule has 1 aliphatic carbocycles. The lowest BCUT2D eigenvalue weighted by molar-refractivity contribution is 0.0865.